The molecule has 1 atom stereocenters. The van der Waals surface area contributed by atoms with E-state index >= 15 is 0 Å². The maximum Gasteiger partial charge on any atom is 0.243 e. The fourth-order valence-corrected chi connectivity index (χ4v) is 3.31. The number of benzene rings is 2. The summed E-state index contributed by atoms with van der Waals surface area (Å²) in [5.74, 6) is -1.78. The highest BCUT2D eigenvalue weighted by Gasteiger charge is 2.26. The van der Waals surface area contributed by atoms with Gasteiger partial charge in [0.2, 0.25) is 5.91 Å². The van der Waals surface area contributed by atoms with Crippen molar-refractivity contribution < 1.29 is 18.8 Å². The van der Waals surface area contributed by atoms with E-state index in [0.29, 0.717) is 13.0 Å². The van der Waals surface area contributed by atoms with Crippen LogP contribution in [0.2, 0.25) is 0 Å². The van der Waals surface area contributed by atoms with E-state index in [2.05, 4.69) is 0 Å². The van der Waals surface area contributed by atoms with Crippen molar-refractivity contribution in [1.82, 2.24) is 10.5 Å². The number of amides is 1. The second-order valence-corrected chi connectivity index (χ2v) is 6.69. The van der Waals surface area contributed by atoms with E-state index in [1.54, 1.807) is 12.5 Å². The van der Waals surface area contributed by atoms with Crippen molar-refractivity contribution in [3.8, 4) is 0 Å². The lowest BCUT2D eigenvalue weighted by Crippen LogP contribution is -2.47. The minimum absolute atomic E-state index is 0.111. The van der Waals surface area contributed by atoms with Gasteiger partial charge in [-0.25, -0.2) is 19.3 Å². The third kappa shape index (κ3) is 5.74. The van der Waals surface area contributed by atoms with E-state index in [1.807, 2.05) is 42.3 Å². The first-order valence-corrected chi connectivity index (χ1v) is 9.39. The zero-order valence-corrected chi connectivity index (χ0v) is 16.2. The first-order valence-electron chi connectivity index (χ1n) is 9.39. The van der Waals surface area contributed by atoms with Gasteiger partial charge in [-0.1, -0.05) is 49.7 Å². The molecule has 7 heteroatoms. The van der Waals surface area contributed by atoms with Gasteiger partial charge in [0.15, 0.2) is 11.6 Å². The summed E-state index contributed by atoms with van der Waals surface area (Å²) >= 11 is 0. The number of hydrazine groups is 1. The van der Waals surface area contributed by atoms with E-state index in [0.717, 1.165) is 18.4 Å². The molecule has 0 radical (unpaired) electrons. The summed E-state index contributed by atoms with van der Waals surface area (Å²) in [5, 5.41) is 12.2. The van der Waals surface area contributed by atoms with Gasteiger partial charge in [-0.3, -0.25) is 10.0 Å². The Morgan fingerprint density at radius 3 is 2.29 bits per heavy atom. The topological polar surface area (TPSA) is 55.8 Å². The number of nitrogens with zero attached hydrogens (tertiary/aromatic N) is 2. The normalized spacial score (nSPS) is 12.1. The van der Waals surface area contributed by atoms with Gasteiger partial charge in [0.1, 0.15) is 5.69 Å². The molecule has 0 aliphatic heterocycles. The van der Waals surface area contributed by atoms with Crippen LogP contribution in [0, 0.1) is 11.6 Å². The smallest absolute Gasteiger partial charge is 0.243 e. The fraction of sp³-hybridized carbons (Fsp3) is 0.381. The Kier molecular flexibility index (Phi) is 8.35. The third-order valence-electron chi connectivity index (χ3n) is 4.71. The van der Waals surface area contributed by atoms with Crippen LogP contribution in [0.3, 0.4) is 0 Å². The number of halogens is 2. The largest absolute Gasteiger partial charge is 0.303 e. The molecule has 152 valence electrons. The van der Waals surface area contributed by atoms with Crippen LogP contribution in [0.1, 0.15) is 38.2 Å². The second kappa shape index (κ2) is 10.7. The molecule has 0 aromatic heterocycles. The number of para-hydroxylation sites is 1. The van der Waals surface area contributed by atoms with Gasteiger partial charge in [-0.05, 0) is 30.5 Å². The standard InChI is InChI=1S/C21H27F2N3O2/c1-3-8-17(13-14-20(27)24-28)26(15-16-9-5-4-6-10-16)25(2)21-18(22)11-7-12-19(21)23/h4-7,9-12,17,28H,3,8,13-15H2,1-2H3,(H,24,27). The molecule has 2 aromatic rings. The molecule has 28 heavy (non-hydrogen) atoms. The summed E-state index contributed by atoms with van der Waals surface area (Å²) in [5.41, 5.74) is 2.49. The van der Waals surface area contributed by atoms with Gasteiger partial charge < -0.3 is 5.01 Å². The number of hydrogen-bond acceptors (Lipinski definition) is 4. The van der Waals surface area contributed by atoms with Gasteiger partial charge >= 0.3 is 0 Å². The molecule has 2 rings (SSSR count). The van der Waals surface area contributed by atoms with Crippen molar-refractivity contribution in [1.29, 1.82) is 0 Å². The lowest BCUT2D eigenvalue weighted by molar-refractivity contribution is -0.129. The number of anilines is 1. The van der Waals surface area contributed by atoms with Crippen LogP contribution in [-0.4, -0.2) is 29.2 Å². The summed E-state index contributed by atoms with van der Waals surface area (Å²) in [7, 11) is 1.62. The Balaban J connectivity index is 2.37. The summed E-state index contributed by atoms with van der Waals surface area (Å²) < 4.78 is 28.8. The average Bonchev–Trinajstić information content (AvgIpc) is 2.69. The number of rotatable bonds is 10. The van der Waals surface area contributed by atoms with Crippen LogP contribution >= 0.6 is 0 Å². The van der Waals surface area contributed by atoms with Crippen LogP contribution < -0.4 is 10.5 Å². The number of nitrogens with one attached hydrogen (secondary N) is 1. The SMILES string of the molecule is CCCC(CCC(=O)NO)N(Cc1ccccc1)N(C)c1c(F)cccc1F. The van der Waals surface area contributed by atoms with E-state index in [1.165, 1.54) is 23.2 Å². The molecule has 0 spiro atoms. The summed E-state index contributed by atoms with van der Waals surface area (Å²) in [6.45, 7) is 2.44. The molecule has 0 bridgehead atoms. The number of hydroxylamine groups is 1. The molecule has 0 aliphatic carbocycles. The molecule has 5 nitrogen and oxygen atoms in total. The van der Waals surface area contributed by atoms with E-state index < -0.39 is 17.5 Å². The van der Waals surface area contributed by atoms with Crippen molar-refractivity contribution in [2.75, 3.05) is 12.1 Å². The molecule has 0 fully saturated rings. The van der Waals surface area contributed by atoms with Crippen molar-refractivity contribution in [2.45, 2.75) is 45.2 Å². The lowest BCUT2D eigenvalue weighted by atomic mass is 10.0. The van der Waals surface area contributed by atoms with E-state index in [4.69, 9.17) is 5.21 Å². The predicted molar refractivity (Wildman–Crippen MR) is 105 cm³/mol. The lowest BCUT2D eigenvalue weighted by Gasteiger charge is -2.40. The maximum absolute atomic E-state index is 14.4. The number of carbonyl (C=O) groups excluding carboxylic acids is 1. The molecular weight excluding hydrogens is 364 g/mol. The van der Waals surface area contributed by atoms with Crippen LogP contribution in [0.25, 0.3) is 0 Å². The predicted octanol–water partition coefficient (Wildman–Crippen LogP) is 4.27. The van der Waals surface area contributed by atoms with E-state index in [9.17, 15) is 13.6 Å². The molecule has 0 heterocycles. The third-order valence-corrected chi connectivity index (χ3v) is 4.71. The van der Waals surface area contributed by atoms with Crippen LogP contribution in [0.5, 0.6) is 0 Å². The molecule has 0 saturated heterocycles. The highest BCUT2D eigenvalue weighted by Crippen LogP contribution is 2.28. The average molecular weight is 391 g/mol. The summed E-state index contributed by atoms with van der Waals surface area (Å²) in [6, 6.07) is 13.3. The van der Waals surface area contributed by atoms with Crippen molar-refractivity contribution in [3.05, 3.63) is 65.7 Å². The Morgan fingerprint density at radius 2 is 1.71 bits per heavy atom. The first-order chi connectivity index (χ1) is 13.5. The van der Waals surface area contributed by atoms with Crippen LogP contribution in [0.15, 0.2) is 48.5 Å². The highest BCUT2D eigenvalue weighted by molar-refractivity contribution is 5.74. The minimum Gasteiger partial charge on any atom is -0.303 e. The Hall–Kier alpha value is -2.51. The molecule has 2 N–H and O–H groups in total. The number of carbonyl (C=O) groups is 1. The number of hydrogen-bond donors (Lipinski definition) is 2. The molecule has 0 saturated carbocycles. The van der Waals surface area contributed by atoms with Gasteiger partial charge in [-0.15, -0.1) is 0 Å². The Morgan fingerprint density at radius 1 is 1.07 bits per heavy atom. The van der Waals surface area contributed by atoms with E-state index in [-0.39, 0.29) is 18.2 Å². The van der Waals surface area contributed by atoms with Gasteiger partial charge in [0.05, 0.1) is 0 Å². The maximum atomic E-state index is 14.4. The fourth-order valence-electron chi connectivity index (χ4n) is 3.31. The monoisotopic (exact) mass is 391 g/mol. The molecule has 0 aliphatic rings. The minimum atomic E-state index is -0.649. The molecule has 2 aromatic carbocycles. The van der Waals surface area contributed by atoms with Crippen molar-refractivity contribution >= 4 is 11.6 Å². The second-order valence-electron chi connectivity index (χ2n) is 6.69. The van der Waals surface area contributed by atoms with Gasteiger partial charge in [-0.2, -0.15) is 0 Å². The van der Waals surface area contributed by atoms with Crippen LogP contribution in [-0.2, 0) is 11.3 Å². The highest BCUT2D eigenvalue weighted by atomic mass is 19.1. The summed E-state index contributed by atoms with van der Waals surface area (Å²) in [6.07, 6.45) is 2.11. The Bertz CT molecular complexity index is 738. The molecular formula is C21H27F2N3O2. The molecule has 1 amide bonds. The molecule has 1 unspecified atom stereocenters. The first kappa shape index (κ1) is 21.8. The van der Waals surface area contributed by atoms with Crippen LogP contribution in [0.4, 0.5) is 14.5 Å². The zero-order chi connectivity index (χ0) is 20.5. The summed E-state index contributed by atoms with van der Waals surface area (Å²) in [4.78, 5) is 11.5. The van der Waals surface area contributed by atoms with Crippen molar-refractivity contribution in [2.24, 2.45) is 0 Å². The van der Waals surface area contributed by atoms with Gasteiger partial charge in [0.25, 0.3) is 0 Å². The Labute approximate surface area is 164 Å². The van der Waals surface area contributed by atoms with Crippen molar-refractivity contribution in [3.63, 3.8) is 0 Å². The quantitative estimate of drug-likeness (QED) is 0.469. The zero-order valence-electron chi connectivity index (χ0n) is 16.2. The van der Waals surface area contributed by atoms with Gasteiger partial charge in [0, 0.05) is 26.1 Å².